The molecule has 2 N–H and O–H groups in total. The Bertz CT molecular complexity index is 6340. The fraction of sp³-hybridized carbons (Fsp3) is 0.384. The van der Waals surface area contributed by atoms with Crippen LogP contribution in [0.15, 0.2) is 199 Å². The van der Waals surface area contributed by atoms with Crippen molar-refractivity contribution in [2.24, 2.45) is 5.11 Å². The topological polar surface area (TPSA) is 561 Å². The molecule has 43 nitrogen and oxygen atoms in total. The Morgan fingerprint density at radius 1 is 0.333 bits per heavy atom. The van der Waals surface area contributed by atoms with E-state index >= 15 is 38.4 Å². The van der Waals surface area contributed by atoms with Crippen LogP contribution in [-0.4, -0.2) is 275 Å². The number of nitrogens with zero attached hydrogens (tertiary/aromatic N) is 5. The first kappa shape index (κ1) is 106. The minimum Gasteiger partial charge on any atom is -0.463 e. The van der Waals surface area contributed by atoms with E-state index in [1.807, 2.05) is 0 Å². The fourth-order valence-electron chi connectivity index (χ4n) is 16.9. The highest BCUT2D eigenvalue weighted by Crippen LogP contribution is 2.44. The molecule has 8 aromatic rings. The van der Waals surface area contributed by atoms with Gasteiger partial charge in [-0.25, -0.2) is 37.1 Å². The molecular formula is C99H99N5O38S2. The molecule has 4 saturated heterocycles. The van der Waals surface area contributed by atoms with E-state index in [4.69, 9.17) is 88.9 Å². The molecule has 0 radical (unpaired) electrons. The molecule has 0 aliphatic carbocycles. The molecule has 760 valence electrons. The molecule has 4 fully saturated rings. The van der Waals surface area contributed by atoms with E-state index in [0.717, 1.165) is 20.8 Å². The number of amides is 4. The number of carbonyl (C=O) groups excluding carboxylic acids is 13. The number of imide groups is 2. The second-order valence-corrected chi connectivity index (χ2v) is 36.6. The maximum absolute atomic E-state index is 15.9. The summed E-state index contributed by atoms with van der Waals surface area (Å²) in [6.45, 7) is 7.04. The van der Waals surface area contributed by atoms with Crippen molar-refractivity contribution in [1.82, 2.24) is 9.80 Å². The van der Waals surface area contributed by atoms with Gasteiger partial charge in [0.1, 0.15) is 55.3 Å². The highest BCUT2D eigenvalue weighted by Gasteiger charge is 2.64. The Balaban J connectivity index is 0.967. The Morgan fingerprint density at radius 2 is 0.604 bits per heavy atom. The summed E-state index contributed by atoms with van der Waals surface area (Å²) in [4.78, 5) is 200. The number of aryl methyl sites for hydroxylation is 6. The molecule has 14 rings (SSSR count). The first-order valence-corrected chi connectivity index (χ1v) is 47.9. The Labute approximate surface area is 823 Å². The molecule has 4 amide bonds. The van der Waals surface area contributed by atoms with Crippen LogP contribution in [0.5, 0.6) is 0 Å². The maximum atomic E-state index is 15.9. The van der Waals surface area contributed by atoms with Crippen LogP contribution >= 0.6 is 0 Å². The lowest BCUT2D eigenvalue weighted by Gasteiger charge is -2.52. The Kier molecular flexibility index (Phi) is 34.2. The lowest BCUT2D eigenvalue weighted by atomic mass is 9.93. The number of ether oxygens (including phenoxy) is 17. The third-order valence-corrected chi connectivity index (χ3v) is 24.8. The van der Waals surface area contributed by atoms with Crippen molar-refractivity contribution < 1.29 is 177 Å². The largest absolute Gasteiger partial charge is 0.463 e. The first-order chi connectivity index (χ1) is 68.7. The normalized spacial score (nSPS) is 25.0. The van der Waals surface area contributed by atoms with E-state index in [9.17, 15) is 55.4 Å². The number of hydrogen-bond acceptors (Lipinski definition) is 37. The second-order valence-electron chi connectivity index (χ2n) is 34.4. The molecule has 0 spiro atoms. The summed E-state index contributed by atoms with van der Waals surface area (Å²) in [6.07, 6.45) is -42.2. The zero-order valence-corrected chi connectivity index (χ0v) is 80.2. The number of unbranched alkanes of at least 4 members (excludes halogenated alkanes) is 2. The molecule has 0 unspecified atom stereocenters. The molecule has 8 aromatic carbocycles. The summed E-state index contributed by atoms with van der Waals surface area (Å²) in [7, 11) is -11.3. The minimum absolute atomic E-state index is 0.0112. The quantitative estimate of drug-likeness (QED) is 0.00531. The third-order valence-electron chi connectivity index (χ3n) is 23.9. The van der Waals surface area contributed by atoms with Gasteiger partial charge in [-0.05, 0) is 157 Å². The third kappa shape index (κ3) is 25.8. The minimum atomic E-state index is -5.63. The molecule has 6 aliphatic heterocycles. The van der Waals surface area contributed by atoms with Crippen molar-refractivity contribution in [1.29, 1.82) is 0 Å². The van der Waals surface area contributed by atoms with Crippen LogP contribution in [0.1, 0.15) is 177 Å². The van der Waals surface area contributed by atoms with E-state index in [1.165, 1.54) is 194 Å². The van der Waals surface area contributed by atoms with Gasteiger partial charge in [0.15, 0.2) is 74.0 Å². The maximum Gasteiger partial charge on any atom is 0.397 e. The van der Waals surface area contributed by atoms with Crippen LogP contribution in [0.4, 0.5) is 0 Å². The number of azide groups is 1. The van der Waals surface area contributed by atoms with Crippen molar-refractivity contribution in [3.8, 4) is 0 Å². The molecule has 0 aromatic heterocycles. The first-order valence-electron chi connectivity index (χ1n) is 45.2. The van der Waals surface area contributed by atoms with E-state index in [0.29, 0.717) is 43.2 Å². The average Bonchev–Trinajstić information content (AvgIpc) is 1.49. The smallest absolute Gasteiger partial charge is 0.397 e. The molecule has 6 heterocycles. The van der Waals surface area contributed by atoms with Gasteiger partial charge >= 0.3 is 74.5 Å². The van der Waals surface area contributed by atoms with Gasteiger partial charge in [-0.2, -0.15) is 16.8 Å². The van der Waals surface area contributed by atoms with E-state index in [-0.39, 0.29) is 81.4 Å². The van der Waals surface area contributed by atoms with Crippen molar-refractivity contribution >= 4 is 98.2 Å². The number of esters is 9. The van der Waals surface area contributed by atoms with Crippen LogP contribution in [0.2, 0.25) is 0 Å². The average molecular weight is 2030 g/mol. The van der Waals surface area contributed by atoms with Crippen molar-refractivity contribution in [3.05, 3.63) is 294 Å². The number of hydrogen-bond donors (Lipinski definition) is 2. The highest BCUT2D eigenvalue weighted by atomic mass is 32.3. The molecule has 45 heteroatoms. The van der Waals surface area contributed by atoms with Crippen molar-refractivity contribution in [3.63, 3.8) is 0 Å². The van der Waals surface area contributed by atoms with Crippen molar-refractivity contribution in [2.45, 2.75) is 204 Å². The highest BCUT2D eigenvalue weighted by molar-refractivity contribution is 7.81. The van der Waals surface area contributed by atoms with Gasteiger partial charge in [0, 0.05) is 38.8 Å². The van der Waals surface area contributed by atoms with Gasteiger partial charge in [-0.15, -0.1) is 0 Å². The summed E-state index contributed by atoms with van der Waals surface area (Å²) in [5.74, 6) is -16.0. The lowest BCUT2D eigenvalue weighted by molar-refractivity contribution is -0.360. The van der Waals surface area contributed by atoms with Crippen molar-refractivity contribution in [2.75, 3.05) is 39.6 Å². The van der Waals surface area contributed by atoms with Crippen LogP contribution in [0.25, 0.3) is 10.4 Å². The van der Waals surface area contributed by atoms with E-state index in [2.05, 4.69) is 10.0 Å². The number of carbonyl (C=O) groups is 13. The summed E-state index contributed by atoms with van der Waals surface area (Å²) in [5.41, 5.74) is 10.5. The zero-order valence-electron chi connectivity index (χ0n) is 78.5. The van der Waals surface area contributed by atoms with Gasteiger partial charge in [0.05, 0.1) is 75.5 Å². The van der Waals surface area contributed by atoms with E-state index in [1.54, 1.807) is 41.5 Å². The fourth-order valence-corrected chi connectivity index (χ4v) is 17.5. The molecule has 20 atom stereocenters. The summed E-state index contributed by atoms with van der Waals surface area (Å²) >= 11 is 0. The summed E-state index contributed by atoms with van der Waals surface area (Å²) < 4.78 is 194. The van der Waals surface area contributed by atoms with Crippen LogP contribution in [0, 0.1) is 41.5 Å². The van der Waals surface area contributed by atoms with Gasteiger partial charge in [0.2, 0.25) is 0 Å². The number of fused-ring (bicyclic) bond motifs is 2. The summed E-state index contributed by atoms with van der Waals surface area (Å²) in [6, 6.07) is 39.8. The standard InChI is InChI=1S/C99H99N5O38S2/c1-51-21-33-60(34-22-51)90(112)135-78-72(49-127-143(118,119)120)133-98(84(139-94(116)64-41-29-55(5)30-42-64)82(78)137-92(114)62-37-25-53(3)26-38-62)141-80-74(103-86(108)66-17-11-12-18-67(66)87(103)109)96(124-46-16-10-15-45-101-102-100)131-71(77(80)130-59(9)107)48-126-97-75(104-88(110)68-19-13-14-20-69(68)89(104)111)81(76(129-58(8)106)70(132-97)47-125-57(7)105)142-99-85(140-95(117)65-43-31-56(6)32-44-65)83(138-93(115)63-39-27-54(4)28-40-63)79(73(134-99)50-128-144(121,122)123)136-91(113)61-35-23-52(2)24-36-61/h11-14,17-44,70-85,96-99H,10,15-16,45-50H2,1-9H3,(H,118,119,120)(H,121,122,123)/t70-,71-,72-,73-,74-,75-,76+,77+,78-,79-,80-,81-,82+,83+,84-,85-,96-,97-,98+,99+/m1/s1. The number of rotatable bonds is 38. The van der Waals surface area contributed by atoms with Crippen LogP contribution in [0.3, 0.4) is 0 Å². The molecule has 6 aliphatic rings. The predicted molar refractivity (Wildman–Crippen MR) is 491 cm³/mol. The lowest BCUT2D eigenvalue weighted by Crippen LogP contribution is -2.71. The Hall–Kier alpha value is -14.0. The zero-order chi connectivity index (χ0) is 103. The molecular weight excluding hydrogens is 1930 g/mol. The van der Waals surface area contributed by atoms with Gasteiger partial charge in [0.25, 0.3) is 23.6 Å². The van der Waals surface area contributed by atoms with Crippen LogP contribution in [-0.2, 0) is 124 Å². The second kappa shape index (κ2) is 46.6. The molecule has 0 bridgehead atoms. The van der Waals surface area contributed by atoms with E-state index < -0.39 is 254 Å². The van der Waals surface area contributed by atoms with Gasteiger partial charge < -0.3 is 80.5 Å². The monoisotopic (exact) mass is 2030 g/mol. The summed E-state index contributed by atoms with van der Waals surface area (Å²) in [5, 5.41) is 3.61. The predicted octanol–water partition coefficient (Wildman–Crippen LogP) is 9.77. The van der Waals surface area contributed by atoms with Gasteiger partial charge in [-0.1, -0.05) is 142 Å². The molecule has 0 saturated carbocycles. The number of benzene rings is 8. The SMILES string of the molecule is CC(=O)OC[C@H]1O[C@@H](OC[C@H]2O[C@@H](OCCCCCN=[N+]=[N-])[C@H](N3C(=O)c4ccccc4C3=O)[C@@H](O[C@@H]3O[C@H](COS(=O)(=O)O)[C@@H](OC(=O)c4ccc(C)cc4)[C@H](OC(=O)c4ccc(C)cc4)[C@H]3OC(=O)c3ccc(C)cc3)[C@H]2OC(C)=O)[C@H](N2C(=O)c3ccccc3C2=O)[C@@H](O[C@@H]2O[C@H](COS(=O)(=O)O)[C@@H](OC(=O)c3ccc(C)cc3)[C@H](OC(=O)c3ccc(C)cc3)[C@H]2OC(=O)c2ccc(C)cc2)[C@H]1OC(C)=O. The van der Waals surface area contributed by atoms with Crippen LogP contribution < -0.4 is 0 Å². The molecule has 144 heavy (non-hydrogen) atoms. The van der Waals surface area contributed by atoms with Gasteiger partial charge in [-0.3, -0.25) is 52.5 Å². The Morgan fingerprint density at radius 3 is 0.896 bits per heavy atom.